The summed E-state index contributed by atoms with van der Waals surface area (Å²) < 4.78 is 0. The molecule has 43 heavy (non-hydrogen) atoms. The highest BCUT2D eigenvalue weighted by molar-refractivity contribution is 6.37. The van der Waals surface area contributed by atoms with Crippen LogP contribution < -0.4 is 5.32 Å². The predicted octanol–water partition coefficient (Wildman–Crippen LogP) is 6.88. The number of anilines is 1. The van der Waals surface area contributed by atoms with Gasteiger partial charge in [0.05, 0.1) is 21.9 Å². The average molecular weight is 610 g/mol. The van der Waals surface area contributed by atoms with E-state index in [1.54, 1.807) is 35.4 Å². The fourth-order valence-corrected chi connectivity index (χ4v) is 7.44. The van der Waals surface area contributed by atoms with Crippen LogP contribution in [0.4, 0.5) is 11.4 Å². The molecule has 1 N–H and O–H groups in total. The van der Waals surface area contributed by atoms with Crippen molar-refractivity contribution in [2.24, 2.45) is 5.92 Å². The molecule has 3 aliphatic rings. The zero-order valence-corrected chi connectivity index (χ0v) is 23.8. The Morgan fingerprint density at radius 3 is 2.37 bits per heavy atom. The van der Waals surface area contributed by atoms with Crippen molar-refractivity contribution in [2.45, 2.75) is 17.5 Å². The lowest BCUT2D eigenvalue weighted by atomic mass is 9.62. The first-order valence-electron chi connectivity index (χ1n) is 13.5. The summed E-state index contributed by atoms with van der Waals surface area (Å²) in [6, 6.07) is 22.6. The van der Waals surface area contributed by atoms with Crippen LogP contribution in [0.3, 0.4) is 0 Å². The Morgan fingerprint density at radius 2 is 1.63 bits per heavy atom. The maximum Gasteiger partial charge on any atom is 0.269 e. The predicted molar refractivity (Wildman–Crippen MR) is 162 cm³/mol. The normalized spacial score (nSPS) is 23.0. The molecule has 212 valence electrons. The maximum atomic E-state index is 14.8. The molecule has 1 fully saturated rings. The summed E-state index contributed by atoms with van der Waals surface area (Å²) >= 11 is 12.7. The standard InChI is InChI=1S/C33H21Cl2N3O5/c34-20-11-14-23(25(35)17-20)30(40)28-27(29(39)19-9-12-21(13-10-19)38(42)43)33(24-7-3-4-8-26(24)36-32(33)41)31-22-6-2-1-5-18(22)15-16-37(28)31/h1-17,27-28,31H,(H,36,41). The number of amides is 1. The number of carbonyl (C=O) groups excluding carboxylic acids is 3. The number of nitro groups is 1. The molecule has 0 saturated carbocycles. The van der Waals surface area contributed by atoms with Gasteiger partial charge in [-0.25, -0.2) is 0 Å². The molecule has 0 aromatic heterocycles. The quantitative estimate of drug-likeness (QED) is 0.150. The van der Waals surface area contributed by atoms with Crippen LogP contribution in [0.15, 0.2) is 97.2 Å². The molecular formula is C33H21Cl2N3O5. The second-order valence-corrected chi connectivity index (χ2v) is 11.6. The van der Waals surface area contributed by atoms with Crippen molar-refractivity contribution in [1.29, 1.82) is 0 Å². The van der Waals surface area contributed by atoms with Gasteiger partial charge in [0.1, 0.15) is 11.5 Å². The van der Waals surface area contributed by atoms with Crippen LogP contribution in [0, 0.1) is 16.0 Å². The number of hydrogen-bond acceptors (Lipinski definition) is 6. The van der Waals surface area contributed by atoms with Crippen LogP contribution in [0.2, 0.25) is 10.0 Å². The fraction of sp³-hybridized carbons (Fsp3) is 0.121. The second-order valence-electron chi connectivity index (χ2n) is 10.7. The van der Waals surface area contributed by atoms with Crippen molar-refractivity contribution in [3.8, 4) is 0 Å². The SMILES string of the molecule is O=C(c1ccc(Cl)cc1Cl)C1C(C(=O)c2ccc([N+](=O)[O-])cc2)C2(C(=O)Nc3ccccc32)C2c3ccccc3C=CN12. The van der Waals surface area contributed by atoms with Crippen LogP contribution in [-0.2, 0) is 10.2 Å². The summed E-state index contributed by atoms with van der Waals surface area (Å²) in [4.78, 5) is 56.5. The van der Waals surface area contributed by atoms with Gasteiger partial charge < -0.3 is 10.2 Å². The van der Waals surface area contributed by atoms with Gasteiger partial charge in [0, 0.05) is 40.2 Å². The molecule has 1 amide bonds. The van der Waals surface area contributed by atoms with E-state index in [-0.39, 0.29) is 21.8 Å². The lowest BCUT2D eigenvalue weighted by Gasteiger charge is -2.38. The third-order valence-electron chi connectivity index (χ3n) is 8.68. The van der Waals surface area contributed by atoms with E-state index in [1.165, 1.54) is 36.4 Å². The third kappa shape index (κ3) is 3.87. The van der Waals surface area contributed by atoms with E-state index in [9.17, 15) is 24.5 Å². The Hall–Kier alpha value is -4.79. The number of nitrogens with one attached hydrogen (secondary N) is 1. The van der Waals surface area contributed by atoms with E-state index in [2.05, 4.69) is 5.32 Å². The first kappa shape index (κ1) is 27.1. The zero-order chi connectivity index (χ0) is 30.0. The number of para-hydroxylation sites is 1. The molecule has 8 nitrogen and oxygen atoms in total. The van der Waals surface area contributed by atoms with Gasteiger partial charge in [0.25, 0.3) is 5.69 Å². The van der Waals surface area contributed by atoms with E-state index in [1.807, 2.05) is 36.4 Å². The maximum absolute atomic E-state index is 14.8. The number of halogens is 2. The number of fused-ring (bicyclic) bond motifs is 6. The smallest absolute Gasteiger partial charge is 0.269 e. The first-order chi connectivity index (χ1) is 20.7. The molecule has 4 aromatic rings. The summed E-state index contributed by atoms with van der Waals surface area (Å²) in [5.41, 5.74) is 1.38. The van der Waals surface area contributed by atoms with E-state index in [0.29, 0.717) is 16.3 Å². The molecule has 10 heteroatoms. The number of ketones is 2. The van der Waals surface area contributed by atoms with Crippen LogP contribution >= 0.6 is 23.2 Å². The highest BCUT2D eigenvalue weighted by Crippen LogP contribution is 2.62. The van der Waals surface area contributed by atoms with Crippen LogP contribution in [0.1, 0.15) is 43.4 Å². The Kier molecular flexibility index (Phi) is 6.23. The fourth-order valence-electron chi connectivity index (χ4n) is 6.94. The molecule has 1 saturated heterocycles. The average Bonchev–Trinajstić information content (AvgIpc) is 3.48. The van der Waals surface area contributed by atoms with Crippen molar-refractivity contribution in [2.75, 3.05) is 5.32 Å². The van der Waals surface area contributed by atoms with E-state index < -0.39 is 45.8 Å². The van der Waals surface area contributed by atoms with Crippen molar-refractivity contribution in [3.05, 3.63) is 145 Å². The van der Waals surface area contributed by atoms with Gasteiger partial charge in [-0.15, -0.1) is 0 Å². The molecule has 7 rings (SSSR count). The molecule has 0 radical (unpaired) electrons. The Balaban J connectivity index is 1.52. The number of nitro benzene ring substituents is 1. The molecule has 3 heterocycles. The Morgan fingerprint density at radius 1 is 0.907 bits per heavy atom. The van der Waals surface area contributed by atoms with Crippen LogP contribution in [0.5, 0.6) is 0 Å². The summed E-state index contributed by atoms with van der Waals surface area (Å²) in [6.07, 6.45) is 3.62. The largest absolute Gasteiger partial charge is 0.358 e. The van der Waals surface area contributed by atoms with Gasteiger partial charge in [-0.2, -0.15) is 0 Å². The minimum atomic E-state index is -1.53. The molecule has 1 spiro atoms. The van der Waals surface area contributed by atoms with Gasteiger partial charge in [-0.05, 0) is 59.2 Å². The van der Waals surface area contributed by atoms with Gasteiger partial charge >= 0.3 is 0 Å². The van der Waals surface area contributed by atoms with Crippen LogP contribution in [-0.4, -0.2) is 33.3 Å². The van der Waals surface area contributed by atoms with Crippen molar-refractivity contribution < 1.29 is 19.3 Å². The van der Waals surface area contributed by atoms with Gasteiger partial charge in [0.15, 0.2) is 11.6 Å². The highest BCUT2D eigenvalue weighted by atomic mass is 35.5. The summed E-state index contributed by atoms with van der Waals surface area (Å²) in [6.45, 7) is 0. The molecule has 4 aromatic carbocycles. The number of hydrogen-bond donors (Lipinski definition) is 1. The van der Waals surface area contributed by atoms with E-state index in [4.69, 9.17) is 23.2 Å². The van der Waals surface area contributed by atoms with Crippen molar-refractivity contribution >= 4 is 58.1 Å². The molecule has 3 aliphatic heterocycles. The summed E-state index contributed by atoms with van der Waals surface area (Å²) in [5.74, 6) is -2.60. The summed E-state index contributed by atoms with van der Waals surface area (Å²) in [7, 11) is 0. The zero-order valence-electron chi connectivity index (χ0n) is 22.2. The van der Waals surface area contributed by atoms with Crippen molar-refractivity contribution in [3.63, 3.8) is 0 Å². The Bertz CT molecular complexity index is 1910. The molecular weight excluding hydrogens is 589 g/mol. The lowest BCUT2D eigenvalue weighted by molar-refractivity contribution is -0.384. The minimum absolute atomic E-state index is 0.120. The number of non-ortho nitro benzene ring substituents is 1. The van der Waals surface area contributed by atoms with Gasteiger partial charge in [-0.3, -0.25) is 24.5 Å². The molecule has 4 unspecified atom stereocenters. The van der Waals surface area contributed by atoms with Crippen molar-refractivity contribution in [1.82, 2.24) is 4.90 Å². The third-order valence-corrected chi connectivity index (χ3v) is 9.23. The molecule has 0 aliphatic carbocycles. The second kappa shape index (κ2) is 9.90. The first-order valence-corrected chi connectivity index (χ1v) is 14.2. The molecule has 0 bridgehead atoms. The number of benzene rings is 4. The van der Waals surface area contributed by atoms with E-state index >= 15 is 0 Å². The molecule has 4 atom stereocenters. The van der Waals surface area contributed by atoms with Gasteiger partial charge in [-0.1, -0.05) is 65.7 Å². The monoisotopic (exact) mass is 609 g/mol. The Labute approximate surface area is 255 Å². The van der Waals surface area contributed by atoms with E-state index in [0.717, 1.165) is 11.1 Å². The minimum Gasteiger partial charge on any atom is -0.358 e. The van der Waals surface area contributed by atoms with Crippen LogP contribution in [0.25, 0.3) is 6.08 Å². The number of rotatable bonds is 5. The highest BCUT2D eigenvalue weighted by Gasteiger charge is 2.70. The summed E-state index contributed by atoms with van der Waals surface area (Å²) in [5, 5.41) is 14.8. The lowest BCUT2D eigenvalue weighted by Crippen LogP contribution is -2.49. The number of carbonyl (C=O) groups is 3. The number of nitrogens with zero attached hydrogens (tertiary/aromatic N) is 2. The number of Topliss-reactive ketones (excluding diaryl/α,β-unsaturated/α-hetero) is 2. The topological polar surface area (TPSA) is 110 Å². The van der Waals surface area contributed by atoms with Gasteiger partial charge in [0.2, 0.25) is 5.91 Å².